The molecule has 1 heterocycles. The molecular formula is C20H20N2O3. The summed E-state index contributed by atoms with van der Waals surface area (Å²) in [5.74, 6) is -0.729. The van der Waals surface area contributed by atoms with Crippen LogP contribution < -0.4 is 5.32 Å². The average Bonchev–Trinajstić information content (AvgIpc) is 3.04. The Hall–Kier alpha value is -3.08. The van der Waals surface area contributed by atoms with Gasteiger partial charge in [0.2, 0.25) is 0 Å². The van der Waals surface area contributed by atoms with Crippen LogP contribution in [0, 0.1) is 0 Å². The molecule has 3 rings (SSSR count). The smallest absolute Gasteiger partial charge is 0.306 e. The lowest BCUT2D eigenvalue weighted by Gasteiger charge is -2.13. The van der Waals surface area contributed by atoms with Gasteiger partial charge in [-0.1, -0.05) is 36.4 Å². The van der Waals surface area contributed by atoms with E-state index in [2.05, 4.69) is 10.3 Å². The van der Waals surface area contributed by atoms with E-state index in [1.54, 1.807) is 19.1 Å². The number of hydrogen-bond donors (Lipinski definition) is 2. The van der Waals surface area contributed by atoms with E-state index in [1.807, 2.05) is 48.7 Å². The van der Waals surface area contributed by atoms with Crippen LogP contribution >= 0.6 is 0 Å². The number of aromatic amines is 1. The number of carbonyl (C=O) groups is 2. The van der Waals surface area contributed by atoms with Gasteiger partial charge in [0.15, 0.2) is 6.10 Å². The van der Waals surface area contributed by atoms with Crippen molar-refractivity contribution >= 4 is 28.5 Å². The van der Waals surface area contributed by atoms with E-state index in [-0.39, 0.29) is 18.3 Å². The van der Waals surface area contributed by atoms with Gasteiger partial charge >= 0.3 is 5.97 Å². The minimum absolute atomic E-state index is 0.227. The molecule has 0 saturated carbocycles. The lowest BCUT2D eigenvalue weighted by molar-refractivity contribution is -0.153. The third-order valence-corrected chi connectivity index (χ3v) is 3.99. The molecule has 0 aliphatic rings. The monoisotopic (exact) mass is 336 g/mol. The number of benzene rings is 2. The lowest BCUT2D eigenvalue weighted by Crippen LogP contribution is -2.30. The highest BCUT2D eigenvalue weighted by Gasteiger charge is 2.18. The van der Waals surface area contributed by atoms with Crippen molar-refractivity contribution in [2.24, 2.45) is 0 Å². The van der Waals surface area contributed by atoms with Gasteiger partial charge in [0.05, 0.1) is 0 Å². The normalized spacial score (nSPS) is 11.9. The number of fused-ring (bicyclic) bond motifs is 1. The Kier molecular flexibility index (Phi) is 5.14. The number of ether oxygens (including phenoxy) is 1. The zero-order valence-corrected chi connectivity index (χ0v) is 14.0. The number of amides is 1. The molecule has 25 heavy (non-hydrogen) atoms. The van der Waals surface area contributed by atoms with Crippen LogP contribution in [-0.2, 0) is 20.7 Å². The van der Waals surface area contributed by atoms with Gasteiger partial charge in [0.1, 0.15) is 0 Å². The molecule has 1 amide bonds. The van der Waals surface area contributed by atoms with E-state index < -0.39 is 6.10 Å². The van der Waals surface area contributed by atoms with E-state index in [0.29, 0.717) is 12.1 Å². The largest absolute Gasteiger partial charge is 0.453 e. The van der Waals surface area contributed by atoms with Gasteiger partial charge < -0.3 is 15.0 Å². The summed E-state index contributed by atoms with van der Waals surface area (Å²) in [5.41, 5.74) is 2.78. The van der Waals surface area contributed by atoms with Crippen LogP contribution in [0.15, 0.2) is 60.8 Å². The second kappa shape index (κ2) is 7.66. The van der Waals surface area contributed by atoms with Crippen LogP contribution in [0.4, 0.5) is 5.69 Å². The van der Waals surface area contributed by atoms with Crippen LogP contribution in [0.5, 0.6) is 0 Å². The van der Waals surface area contributed by atoms with E-state index in [9.17, 15) is 9.59 Å². The molecule has 0 aliphatic heterocycles. The first-order chi connectivity index (χ1) is 12.1. The molecule has 0 spiro atoms. The van der Waals surface area contributed by atoms with Gasteiger partial charge in [-0.05, 0) is 37.1 Å². The summed E-state index contributed by atoms with van der Waals surface area (Å²) >= 11 is 0. The summed E-state index contributed by atoms with van der Waals surface area (Å²) in [7, 11) is 0. The van der Waals surface area contributed by atoms with Gasteiger partial charge in [-0.2, -0.15) is 0 Å². The van der Waals surface area contributed by atoms with E-state index in [4.69, 9.17) is 4.74 Å². The zero-order chi connectivity index (χ0) is 17.6. The highest BCUT2D eigenvalue weighted by Crippen LogP contribution is 2.19. The van der Waals surface area contributed by atoms with Gasteiger partial charge in [-0.25, -0.2) is 0 Å². The molecule has 1 aromatic heterocycles. The molecule has 0 bridgehead atoms. The Morgan fingerprint density at radius 3 is 2.60 bits per heavy atom. The Morgan fingerprint density at radius 2 is 1.80 bits per heavy atom. The topological polar surface area (TPSA) is 71.2 Å². The van der Waals surface area contributed by atoms with Crippen LogP contribution in [-0.4, -0.2) is 23.0 Å². The van der Waals surface area contributed by atoms with E-state index >= 15 is 0 Å². The van der Waals surface area contributed by atoms with Crippen molar-refractivity contribution in [2.75, 3.05) is 5.32 Å². The fourth-order valence-electron chi connectivity index (χ4n) is 2.65. The maximum atomic E-state index is 12.1. The van der Waals surface area contributed by atoms with Crippen molar-refractivity contribution in [1.82, 2.24) is 4.98 Å². The standard InChI is InChI=1S/C20H20N2O3/c1-14(20(24)22-16-7-3-2-4-8-16)25-19(23)12-11-15-13-21-18-10-6-5-9-17(15)18/h2-10,13-14,21H,11-12H2,1H3,(H,22,24). The Bertz CT molecular complexity index is 871. The zero-order valence-electron chi connectivity index (χ0n) is 14.0. The third kappa shape index (κ3) is 4.26. The SMILES string of the molecule is CC(OC(=O)CCc1c[nH]c2ccccc12)C(=O)Nc1ccccc1. The summed E-state index contributed by atoms with van der Waals surface area (Å²) in [6.45, 7) is 1.57. The predicted octanol–water partition coefficient (Wildman–Crippen LogP) is 3.67. The summed E-state index contributed by atoms with van der Waals surface area (Å²) in [5, 5.41) is 3.82. The highest BCUT2D eigenvalue weighted by molar-refractivity contribution is 5.95. The first kappa shape index (κ1) is 16.8. The minimum atomic E-state index is -0.837. The number of carbonyl (C=O) groups excluding carboxylic acids is 2. The number of hydrogen-bond acceptors (Lipinski definition) is 3. The molecule has 2 N–H and O–H groups in total. The van der Waals surface area contributed by atoms with Crippen molar-refractivity contribution in [3.63, 3.8) is 0 Å². The van der Waals surface area contributed by atoms with Crippen LogP contribution in [0.25, 0.3) is 10.9 Å². The second-order valence-corrected chi connectivity index (χ2v) is 5.85. The number of anilines is 1. The predicted molar refractivity (Wildman–Crippen MR) is 97.2 cm³/mol. The number of aromatic nitrogens is 1. The number of aryl methyl sites for hydroxylation is 1. The quantitative estimate of drug-likeness (QED) is 0.675. The Labute approximate surface area is 146 Å². The number of para-hydroxylation sites is 2. The van der Waals surface area contributed by atoms with E-state index in [1.165, 1.54) is 0 Å². The lowest BCUT2D eigenvalue weighted by atomic mass is 10.1. The number of esters is 1. The van der Waals surface area contributed by atoms with Crippen LogP contribution in [0.3, 0.4) is 0 Å². The third-order valence-electron chi connectivity index (χ3n) is 3.99. The van der Waals surface area contributed by atoms with Gasteiger partial charge in [0.25, 0.3) is 5.91 Å². The summed E-state index contributed by atoms with van der Waals surface area (Å²) in [4.78, 5) is 27.3. The van der Waals surface area contributed by atoms with Gasteiger partial charge in [-0.15, -0.1) is 0 Å². The van der Waals surface area contributed by atoms with Crippen molar-refractivity contribution in [2.45, 2.75) is 25.9 Å². The Morgan fingerprint density at radius 1 is 1.08 bits per heavy atom. The molecule has 5 nitrogen and oxygen atoms in total. The van der Waals surface area contributed by atoms with Gasteiger partial charge in [-0.3, -0.25) is 9.59 Å². The molecule has 0 radical (unpaired) electrons. The first-order valence-corrected chi connectivity index (χ1v) is 8.24. The fraction of sp³-hybridized carbons (Fsp3) is 0.200. The van der Waals surface area contributed by atoms with Gasteiger partial charge in [0, 0.05) is 29.2 Å². The fourth-order valence-corrected chi connectivity index (χ4v) is 2.65. The molecule has 0 saturated heterocycles. The molecule has 0 fully saturated rings. The molecule has 0 aliphatic carbocycles. The highest BCUT2D eigenvalue weighted by atomic mass is 16.5. The summed E-state index contributed by atoms with van der Waals surface area (Å²) < 4.78 is 5.23. The first-order valence-electron chi connectivity index (χ1n) is 8.24. The minimum Gasteiger partial charge on any atom is -0.453 e. The van der Waals surface area contributed by atoms with Crippen molar-refractivity contribution < 1.29 is 14.3 Å². The van der Waals surface area contributed by atoms with Crippen molar-refractivity contribution in [3.05, 3.63) is 66.4 Å². The second-order valence-electron chi connectivity index (χ2n) is 5.85. The van der Waals surface area contributed by atoms with Crippen LogP contribution in [0.2, 0.25) is 0 Å². The average molecular weight is 336 g/mol. The molecular weight excluding hydrogens is 316 g/mol. The number of nitrogens with one attached hydrogen (secondary N) is 2. The maximum absolute atomic E-state index is 12.1. The molecule has 3 aromatic rings. The Balaban J connectivity index is 1.51. The molecule has 5 heteroatoms. The molecule has 1 unspecified atom stereocenters. The van der Waals surface area contributed by atoms with Crippen LogP contribution in [0.1, 0.15) is 18.9 Å². The summed E-state index contributed by atoms with van der Waals surface area (Å²) in [6, 6.07) is 17.0. The number of rotatable bonds is 6. The van der Waals surface area contributed by atoms with Crippen molar-refractivity contribution in [1.29, 1.82) is 0 Å². The summed E-state index contributed by atoms with van der Waals surface area (Å²) in [6.07, 6.45) is 1.86. The van der Waals surface area contributed by atoms with E-state index in [0.717, 1.165) is 16.5 Å². The number of H-pyrrole nitrogens is 1. The molecule has 2 aromatic carbocycles. The molecule has 1 atom stereocenters. The van der Waals surface area contributed by atoms with Crippen molar-refractivity contribution in [3.8, 4) is 0 Å². The molecule has 128 valence electrons. The maximum Gasteiger partial charge on any atom is 0.306 e.